The Morgan fingerprint density at radius 2 is 2.06 bits per heavy atom. The van der Waals surface area contributed by atoms with Crippen LogP contribution in [0.15, 0.2) is 0 Å². The van der Waals surface area contributed by atoms with Gasteiger partial charge in [0.05, 0.1) is 0 Å². The average Bonchev–Trinajstić information content (AvgIpc) is 3.09. The molecule has 0 aromatic carbocycles. The minimum Gasteiger partial charge on any atom is -0.330 e. The van der Waals surface area contributed by atoms with Gasteiger partial charge in [0.25, 0.3) is 0 Å². The standard InChI is InChI=1S/C15H29N3/c1-17-9-2-3-13-11-18(10-4-14(13)17)12-15(5-6-15)7-8-16/h13-14H,2-12,16H2,1H3. The molecule has 0 aromatic rings. The van der Waals surface area contributed by atoms with Gasteiger partial charge in [0, 0.05) is 19.1 Å². The Kier molecular flexibility index (Phi) is 3.65. The SMILES string of the molecule is CN1CCCC2CN(CC3(CCN)CC3)CCC21. The Labute approximate surface area is 112 Å². The first-order valence-corrected chi connectivity index (χ1v) is 7.85. The molecule has 104 valence electrons. The van der Waals surface area contributed by atoms with E-state index in [2.05, 4.69) is 16.8 Å². The molecule has 2 heterocycles. The van der Waals surface area contributed by atoms with Crippen LogP contribution in [0.3, 0.4) is 0 Å². The monoisotopic (exact) mass is 251 g/mol. The summed E-state index contributed by atoms with van der Waals surface area (Å²) in [6.07, 6.45) is 8.34. The summed E-state index contributed by atoms with van der Waals surface area (Å²) in [4.78, 5) is 5.36. The second kappa shape index (κ2) is 5.10. The van der Waals surface area contributed by atoms with Gasteiger partial charge in [0.1, 0.15) is 0 Å². The summed E-state index contributed by atoms with van der Waals surface area (Å²) in [5, 5.41) is 0. The highest BCUT2D eigenvalue weighted by molar-refractivity contribution is 4.98. The van der Waals surface area contributed by atoms with Gasteiger partial charge in [-0.2, -0.15) is 0 Å². The minimum atomic E-state index is 0.627. The van der Waals surface area contributed by atoms with Crippen molar-refractivity contribution in [3.05, 3.63) is 0 Å². The van der Waals surface area contributed by atoms with E-state index in [0.29, 0.717) is 5.41 Å². The molecule has 3 fully saturated rings. The molecule has 2 unspecified atom stereocenters. The summed E-state index contributed by atoms with van der Waals surface area (Å²) in [6.45, 7) is 6.19. The molecular formula is C15H29N3. The van der Waals surface area contributed by atoms with E-state index in [1.165, 1.54) is 64.7 Å². The fourth-order valence-corrected chi connectivity index (χ4v) is 4.32. The lowest BCUT2D eigenvalue weighted by molar-refractivity contribution is 0.0299. The Bertz CT molecular complexity index is 287. The van der Waals surface area contributed by atoms with Crippen molar-refractivity contribution in [2.45, 2.75) is 44.6 Å². The van der Waals surface area contributed by atoms with Crippen molar-refractivity contribution in [3.8, 4) is 0 Å². The number of rotatable bonds is 4. The maximum atomic E-state index is 5.76. The highest BCUT2D eigenvalue weighted by atomic mass is 15.2. The van der Waals surface area contributed by atoms with Crippen LogP contribution in [0.25, 0.3) is 0 Å². The van der Waals surface area contributed by atoms with Crippen LogP contribution in [0.4, 0.5) is 0 Å². The van der Waals surface area contributed by atoms with E-state index < -0.39 is 0 Å². The molecule has 2 saturated heterocycles. The first kappa shape index (κ1) is 12.9. The molecule has 3 aliphatic rings. The van der Waals surface area contributed by atoms with Gasteiger partial charge in [-0.05, 0) is 76.5 Å². The van der Waals surface area contributed by atoms with Crippen LogP contribution < -0.4 is 5.73 Å². The van der Waals surface area contributed by atoms with Gasteiger partial charge in [-0.15, -0.1) is 0 Å². The van der Waals surface area contributed by atoms with Crippen LogP contribution in [0.5, 0.6) is 0 Å². The number of hydrogen-bond acceptors (Lipinski definition) is 3. The third-order valence-electron chi connectivity index (χ3n) is 5.62. The summed E-state index contributed by atoms with van der Waals surface area (Å²) < 4.78 is 0. The molecule has 2 atom stereocenters. The quantitative estimate of drug-likeness (QED) is 0.822. The molecule has 0 aromatic heterocycles. The van der Waals surface area contributed by atoms with Crippen LogP contribution in [-0.2, 0) is 0 Å². The van der Waals surface area contributed by atoms with Crippen LogP contribution in [-0.4, -0.2) is 55.6 Å². The summed E-state index contributed by atoms with van der Waals surface area (Å²) in [7, 11) is 2.32. The van der Waals surface area contributed by atoms with Crippen LogP contribution >= 0.6 is 0 Å². The number of likely N-dealkylation sites (tertiary alicyclic amines) is 2. The van der Waals surface area contributed by atoms with Crippen molar-refractivity contribution in [1.82, 2.24) is 9.80 Å². The first-order chi connectivity index (χ1) is 8.72. The van der Waals surface area contributed by atoms with Crippen molar-refractivity contribution in [1.29, 1.82) is 0 Å². The van der Waals surface area contributed by atoms with Gasteiger partial charge in [-0.1, -0.05) is 0 Å². The number of nitrogens with two attached hydrogens (primary N) is 1. The van der Waals surface area contributed by atoms with E-state index in [0.717, 1.165) is 18.5 Å². The third kappa shape index (κ3) is 2.59. The predicted molar refractivity (Wildman–Crippen MR) is 75.5 cm³/mol. The number of hydrogen-bond donors (Lipinski definition) is 1. The molecule has 0 bridgehead atoms. The van der Waals surface area contributed by atoms with Gasteiger partial charge in [-0.3, -0.25) is 0 Å². The van der Waals surface area contributed by atoms with Crippen LogP contribution in [0.1, 0.15) is 38.5 Å². The molecular weight excluding hydrogens is 222 g/mol. The molecule has 2 N–H and O–H groups in total. The summed E-state index contributed by atoms with van der Waals surface area (Å²) in [5.74, 6) is 0.936. The zero-order chi connectivity index (χ0) is 12.6. The van der Waals surface area contributed by atoms with Crippen LogP contribution in [0.2, 0.25) is 0 Å². The lowest BCUT2D eigenvalue weighted by Gasteiger charge is -2.46. The lowest BCUT2D eigenvalue weighted by Crippen LogP contribution is -2.53. The molecule has 0 radical (unpaired) electrons. The van der Waals surface area contributed by atoms with Gasteiger partial charge >= 0.3 is 0 Å². The summed E-state index contributed by atoms with van der Waals surface area (Å²) in [5.41, 5.74) is 6.39. The zero-order valence-corrected chi connectivity index (χ0v) is 11.9. The second-order valence-corrected chi connectivity index (χ2v) is 7.01. The highest BCUT2D eigenvalue weighted by Gasteiger charge is 2.44. The first-order valence-electron chi connectivity index (χ1n) is 7.85. The maximum Gasteiger partial charge on any atom is 0.0145 e. The number of piperidine rings is 2. The molecule has 1 saturated carbocycles. The summed E-state index contributed by atoms with van der Waals surface area (Å²) >= 11 is 0. The Morgan fingerprint density at radius 1 is 1.22 bits per heavy atom. The van der Waals surface area contributed by atoms with E-state index in [1.54, 1.807) is 0 Å². The van der Waals surface area contributed by atoms with Crippen LogP contribution in [0, 0.1) is 11.3 Å². The van der Waals surface area contributed by atoms with E-state index in [4.69, 9.17) is 5.73 Å². The van der Waals surface area contributed by atoms with E-state index in [1.807, 2.05) is 0 Å². The van der Waals surface area contributed by atoms with Gasteiger partial charge in [0.15, 0.2) is 0 Å². The highest BCUT2D eigenvalue weighted by Crippen LogP contribution is 2.49. The zero-order valence-electron chi connectivity index (χ0n) is 11.9. The lowest BCUT2D eigenvalue weighted by atomic mass is 9.83. The van der Waals surface area contributed by atoms with Crippen molar-refractivity contribution in [2.75, 3.05) is 39.8 Å². The largest absolute Gasteiger partial charge is 0.330 e. The molecule has 2 aliphatic heterocycles. The molecule has 1 aliphatic carbocycles. The molecule has 3 rings (SSSR count). The molecule has 3 nitrogen and oxygen atoms in total. The van der Waals surface area contributed by atoms with Crippen molar-refractivity contribution in [2.24, 2.45) is 17.1 Å². The van der Waals surface area contributed by atoms with Crippen molar-refractivity contribution >= 4 is 0 Å². The van der Waals surface area contributed by atoms with Gasteiger partial charge in [-0.25, -0.2) is 0 Å². The topological polar surface area (TPSA) is 32.5 Å². The predicted octanol–water partition coefficient (Wildman–Crippen LogP) is 1.53. The molecule has 18 heavy (non-hydrogen) atoms. The molecule has 0 amide bonds. The Hall–Kier alpha value is -0.120. The minimum absolute atomic E-state index is 0.627. The average molecular weight is 251 g/mol. The number of fused-ring (bicyclic) bond motifs is 1. The Balaban J connectivity index is 1.54. The molecule has 3 heteroatoms. The fraction of sp³-hybridized carbons (Fsp3) is 1.00. The normalized spacial score (nSPS) is 36.3. The van der Waals surface area contributed by atoms with Gasteiger partial charge < -0.3 is 15.5 Å². The second-order valence-electron chi connectivity index (χ2n) is 7.01. The third-order valence-corrected chi connectivity index (χ3v) is 5.62. The Morgan fingerprint density at radius 3 is 2.78 bits per heavy atom. The maximum absolute atomic E-state index is 5.76. The van der Waals surface area contributed by atoms with E-state index in [-0.39, 0.29) is 0 Å². The summed E-state index contributed by atoms with van der Waals surface area (Å²) in [6, 6.07) is 0.875. The van der Waals surface area contributed by atoms with Crippen molar-refractivity contribution in [3.63, 3.8) is 0 Å². The molecule has 0 spiro atoms. The van der Waals surface area contributed by atoms with Crippen molar-refractivity contribution < 1.29 is 0 Å². The number of nitrogens with zero attached hydrogens (tertiary/aromatic N) is 2. The smallest absolute Gasteiger partial charge is 0.0145 e. The van der Waals surface area contributed by atoms with E-state index in [9.17, 15) is 0 Å². The van der Waals surface area contributed by atoms with E-state index >= 15 is 0 Å². The van der Waals surface area contributed by atoms with Gasteiger partial charge in [0.2, 0.25) is 0 Å². The fourth-order valence-electron chi connectivity index (χ4n) is 4.32.